The van der Waals surface area contributed by atoms with Crippen LogP contribution in [-0.4, -0.2) is 41.6 Å². The van der Waals surface area contributed by atoms with E-state index in [4.69, 9.17) is 4.74 Å². The summed E-state index contributed by atoms with van der Waals surface area (Å²) in [6, 6.07) is 13.7. The Hall–Kier alpha value is -3.39. The largest absolute Gasteiger partial charge is 0.508 e. The summed E-state index contributed by atoms with van der Waals surface area (Å²) in [4.78, 5) is 28.7. The van der Waals surface area contributed by atoms with Crippen molar-refractivity contribution in [2.45, 2.75) is 13.3 Å². The predicted octanol–water partition coefficient (Wildman–Crippen LogP) is 3.46. The SMILES string of the molecule is CCOc1ccc(-c2nc(C(=O)NCCCNC(=O)c3cccc(O)c3)cs2)cc1. The molecular weight excluding hydrogens is 402 g/mol. The molecule has 3 aromatic rings. The van der Waals surface area contributed by atoms with Crippen LogP contribution >= 0.6 is 11.3 Å². The lowest BCUT2D eigenvalue weighted by Crippen LogP contribution is -2.30. The number of hydrogen-bond acceptors (Lipinski definition) is 6. The maximum absolute atomic E-state index is 12.3. The third kappa shape index (κ3) is 5.81. The molecule has 0 aliphatic heterocycles. The maximum atomic E-state index is 12.3. The molecule has 0 atom stereocenters. The van der Waals surface area contributed by atoms with Crippen molar-refractivity contribution in [2.24, 2.45) is 0 Å². The highest BCUT2D eigenvalue weighted by molar-refractivity contribution is 7.13. The van der Waals surface area contributed by atoms with Gasteiger partial charge in [0.25, 0.3) is 11.8 Å². The van der Waals surface area contributed by atoms with Crippen molar-refractivity contribution in [3.05, 3.63) is 65.2 Å². The van der Waals surface area contributed by atoms with Crippen molar-refractivity contribution in [2.75, 3.05) is 19.7 Å². The quantitative estimate of drug-likeness (QED) is 0.456. The second-order valence-corrected chi connectivity index (χ2v) is 7.27. The lowest BCUT2D eigenvalue weighted by molar-refractivity contribution is 0.0948. The number of rotatable bonds is 9. The van der Waals surface area contributed by atoms with Gasteiger partial charge in [-0.1, -0.05) is 6.07 Å². The Balaban J connectivity index is 1.42. The number of phenols is 1. The van der Waals surface area contributed by atoms with Crippen LogP contribution in [0.2, 0.25) is 0 Å². The average molecular weight is 426 g/mol. The fraction of sp³-hybridized carbons (Fsp3) is 0.227. The predicted molar refractivity (Wildman–Crippen MR) is 116 cm³/mol. The standard InChI is InChI=1S/C22H23N3O4S/c1-2-29-18-9-7-15(8-10-18)22-25-19(14-30-22)21(28)24-12-4-11-23-20(27)16-5-3-6-17(26)13-16/h3,5-10,13-14,26H,2,4,11-12H2,1H3,(H,23,27)(H,24,28). The van der Waals surface area contributed by atoms with Crippen molar-refractivity contribution in [1.29, 1.82) is 0 Å². The monoisotopic (exact) mass is 425 g/mol. The summed E-state index contributed by atoms with van der Waals surface area (Å²) in [5.41, 5.74) is 1.69. The molecule has 2 aromatic carbocycles. The number of aromatic hydroxyl groups is 1. The molecule has 0 saturated heterocycles. The number of aromatic nitrogens is 1. The molecule has 8 heteroatoms. The van der Waals surface area contributed by atoms with Gasteiger partial charge in [-0.3, -0.25) is 9.59 Å². The lowest BCUT2D eigenvalue weighted by Gasteiger charge is -2.06. The summed E-state index contributed by atoms with van der Waals surface area (Å²) in [6.07, 6.45) is 0.576. The van der Waals surface area contributed by atoms with E-state index in [9.17, 15) is 14.7 Å². The maximum Gasteiger partial charge on any atom is 0.270 e. The topological polar surface area (TPSA) is 101 Å². The Morgan fingerprint density at radius 3 is 2.50 bits per heavy atom. The van der Waals surface area contributed by atoms with E-state index in [1.807, 2.05) is 31.2 Å². The number of ether oxygens (including phenoxy) is 1. The Bertz CT molecular complexity index is 1000. The first kappa shape index (κ1) is 21.3. The normalized spacial score (nSPS) is 10.4. The van der Waals surface area contributed by atoms with Crippen LogP contribution in [0.25, 0.3) is 10.6 Å². The highest BCUT2D eigenvalue weighted by atomic mass is 32.1. The molecule has 1 heterocycles. The summed E-state index contributed by atoms with van der Waals surface area (Å²) in [5.74, 6) is 0.328. The Morgan fingerprint density at radius 2 is 1.80 bits per heavy atom. The lowest BCUT2D eigenvalue weighted by atomic mass is 10.2. The summed E-state index contributed by atoms with van der Waals surface area (Å²) >= 11 is 1.41. The first-order valence-electron chi connectivity index (χ1n) is 9.61. The van der Waals surface area contributed by atoms with E-state index < -0.39 is 0 Å². The molecule has 7 nitrogen and oxygen atoms in total. The van der Waals surface area contributed by atoms with E-state index in [0.717, 1.165) is 16.3 Å². The minimum atomic E-state index is -0.267. The Labute approximate surface area is 178 Å². The number of nitrogens with one attached hydrogen (secondary N) is 2. The highest BCUT2D eigenvalue weighted by Gasteiger charge is 2.12. The molecular formula is C22H23N3O4S. The molecule has 0 saturated carbocycles. The zero-order chi connectivity index (χ0) is 21.3. The van der Waals surface area contributed by atoms with E-state index in [-0.39, 0.29) is 17.6 Å². The first-order valence-corrected chi connectivity index (χ1v) is 10.5. The summed E-state index contributed by atoms with van der Waals surface area (Å²) in [6.45, 7) is 3.36. The van der Waals surface area contributed by atoms with E-state index in [1.165, 1.54) is 23.5 Å². The van der Waals surface area contributed by atoms with E-state index in [2.05, 4.69) is 15.6 Å². The van der Waals surface area contributed by atoms with E-state index in [0.29, 0.717) is 37.4 Å². The van der Waals surface area contributed by atoms with Gasteiger partial charge in [-0.25, -0.2) is 4.98 Å². The van der Waals surface area contributed by atoms with Gasteiger partial charge in [-0.05, 0) is 55.8 Å². The summed E-state index contributed by atoms with van der Waals surface area (Å²) in [5, 5.41) is 17.5. The third-order valence-corrected chi connectivity index (χ3v) is 5.07. The minimum Gasteiger partial charge on any atom is -0.508 e. The summed E-state index contributed by atoms with van der Waals surface area (Å²) < 4.78 is 5.43. The van der Waals surface area contributed by atoms with Gasteiger partial charge in [0.1, 0.15) is 22.2 Å². The molecule has 0 aliphatic carbocycles. The van der Waals surface area contributed by atoms with Crippen LogP contribution in [0.5, 0.6) is 11.5 Å². The molecule has 1 aromatic heterocycles. The average Bonchev–Trinajstić information content (AvgIpc) is 3.24. The molecule has 0 fully saturated rings. The van der Waals surface area contributed by atoms with Crippen LogP contribution in [0.4, 0.5) is 0 Å². The van der Waals surface area contributed by atoms with Crippen LogP contribution in [0.15, 0.2) is 53.9 Å². The van der Waals surface area contributed by atoms with Gasteiger partial charge in [0.15, 0.2) is 0 Å². The van der Waals surface area contributed by atoms with Crippen molar-refractivity contribution in [3.8, 4) is 22.1 Å². The van der Waals surface area contributed by atoms with Crippen LogP contribution in [0, 0.1) is 0 Å². The zero-order valence-electron chi connectivity index (χ0n) is 16.6. The summed E-state index contributed by atoms with van der Waals surface area (Å²) in [7, 11) is 0. The molecule has 2 amide bonds. The molecule has 3 rings (SSSR count). The molecule has 0 unspecified atom stereocenters. The van der Waals surface area contributed by atoms with Gasteiger partial charge in [0.2, 0.25) is 0 Å². The van der Waals surface area contributed by atoms with Crippen LogP contribution in [0.3, 0.4) is 0 Å². The molecule has 0 spiro atoms. The second kappa shape index (κ2) is 10.4. The van der Waals surface area contributed by atoms with E-state index in [1.54, 1.807) is 17.5 Å². The molecule has 0 bridgehead atoms. The second-order valence-electron chi connectivity index (χ2n) is 6.41. The van der Waals surface area contributed by atoms with Gasteiger partial charge in [0, 0.05) is 29.6 Å². The van der Waals surface area contributed by atoms with Gasteiger partial charge >= 0.3 is 0 Å². The number of phenolic OH excluding ortho intramolecular Hbond substituents is 1. The van der Waals surface area contributed by atoms with Crippen molar-refractivity contribution < 1.29 is 19.4 Å². The molecule has 0 aliphatic rings. The van der Waals surface area contributed by atoms with E-state index >= 15 is 0 Å². The molecule has 0 radical (unpaired) electrons. The zero-order valence-corrected chi connectivity index (χ0v) is 17.4. The fourth-order valence-electron chi connectivity index (χ4n) is 2.70. The van der Waals surface area contributed by atoms with Gasteiger partial charge in [-0.2, -0.15) is 0 Å². The number of thiazole rings is 1. The molecule has 156 valence electrons. The van der Waals surface area contributed by atoms with Gasteiger partial charge < -0.3 is 20.5 Å². The smallest absolute Gasteiger partial charge is 0.270 e. The number of carbonyl (C=O) groups is 2. The van der Waals surface area contributed by atoms with Crippen molar-refractivity contribution in [1.82, 2.24) is 15.6 Å². The van der Waals surface area contributed by atoms with Gasteiger partial charge in [0.05, 0.1) is 6.61 Å². The molecule has 3 N–H and O–H groups in total. The number of amides is 2. The van der Waals surface area contributed by atoms with Crippen molar-refractivity contribution >= 4 is 23.2 Å². The minimum absolute atomic E-state index is 0.0442. The Kier molecular flexibility index (Phi) is 7.40. The number of benzene rings is 2. The number of carbonyl (C=O) groups excluding carboxylic acids is 2. The number of hydrogen-bond donors (Lipinski definition) is 3. The highest BCUT2D eigenvalue weighted by Crippen LogP contribution is 2.25. The first-order chi connectivity index (χ1) is 14.6. The van der Waals surface area contributed by atoms with Crippen molar-refractivity contribution in [3.63, 3.8) is 0 Å². The van der Waals surface area contributed by atoms with Gasteiger partial charge in [-0.15, -0.1) is 11.3 Å². The van der Waals surface area contributed by atoms with Crippen LogP contribution in [0.1, 0.15) is 34.2 Å². The number of nitrogens with zero attached hydrogens (tertiary/aromatic N) is 1. The molecule has 30 heavy (non-hydrogen) atoms. The van der Waals surface area contributed by atoms with Crippen LogP contribution < -0.4 is 15.4 Å². The fourth-order valence-corrected chi connectivity index (χ4v) is 3.51. The Morgan fingerprint density at radius 1 is 1.07 bits per heavy atom. The van der Waals surface area contributed by atoms with Crippen LogP contribution in [-0.2, 0) is 0 Å². The third-order valence-electron chi connectivity index (χ3n) is 4.18.